The molecular weight excluding hydrogens is 436 g/mol. The van der Waals surface area contributed by atoms with Crippen molar-refractivity contribution in [1.82, 2.24) is 10.4 Å². The number of rotatable bonds is 7. The Bertz CT molecular complexity index is 1070. The number of carboxylic acids is 1. The number of hydrogen-bond acceptors (Lipinski definition) is 5. The largest absolute Gasteiger partial charge is 0.479 e. The zero-order valence-electron chi connectivity index (χ0n) is 19.0. The summed E-state index contributed by atoms with van der Waals surface area (Å²) in [7, 11) is 1.44. The molecular formula is C26H28N2O6. The fourth-order valence-electron chi connectivity index (χ4n) is 5.86. The molecule has 178 valence electrons. The van der Waals surface area contributed by atoms with Crippen molar-refractivity contribution in [2.45, 2.75) is 31.2 Å². The van der Waals surface area contributed by atoms with Crippen molar-refractivity contribution in [3.8, 4) is 11.1 Å². The third-order valence-electron chi connectivity index (χ3n) is 7.51. The molecule has 2 aromatic rings. The molecule has 3 aliphatic carbocycles. The van der Waals surface area contributed by atoms with Crippen molar-refractivity contribution in [3.05, 3.63) is 59.7 Å². The second-order valence-electron chi connectivity index (χ2n) is 9.41. The van der Waals surface area contributed by atoms with E-state index in [1.165, 1.54) is 29.3 Å². The van der Waals surface area contributed by atoms with Gasteiger partial charge in [-0.05, 0) is 53.4 Å². The lowest BCUT2D eigenvalue weighted by molar-refractivity contribution is -0.189. The quantitative estimate of drug-likeness (QED) is 0.609. The molecule has 1 unspecified atom stereocenters. The number of hydroxylamine groups is 2. The van der Waals surface area contributed by atoms with Crippen molar-refractivity contribution < 1.29 is 29.1 Å². The highest BCUT2D eigenvalue weighted by molar-refractivity contribution is 5.79. The van der Waals surface area contributed by atoms with Gasteiger partial charge in [-0.1, -0.05) is 48.5 Å². The van der Waals surface area contributed by atoms with Gasteiger partial charge in [0, 0.05) is 24.9 Å². The second kappa shape index (κ2) is 9.10. The summed E-state index contributed by atoms with van der Waals surface area (Å²) in [4.78, 5) is 40.8. The number of aliphatic carboxylic acids is 1. The molecule has 0 aliphatic heterocycles. The van der Waals surface area contributed by atoms with Gasteiger partial charge >= 0.3 is 12.1 Å². The molecule has 3 aliphatic rings. The number of nitrogens with one attached hydrogen (secondary N) is 1. The molecule has 2 saturated carbocycles. The number of amides is 2. The summed E-state index contributed by atoms with van der Waals surface area (Å²) in [6.07, 6.45) is 1.77. The lowest BCUT2D eigenvalue weighted by Gasteiger charge is -2.40. The maximum absolute atomic E-state index is 12.6. The lowest BCUT2D eigenvalue weighted by atomic mass is 9.71. The molecule has 0 saturated heterocycles. The van der Waals surface area contributed by atoms with Gasteiger partial charge in [-0.15, -0.1) is 0 Å². The van der Waals surface area contributed by atoms with Gasteiger partial charge < -0.3 is 15.2 Å². The minimum absolute atomic E-state index is 0.0105. The van der Waals surface area contributed by atoms with Crippen LogP contribution in [0.5, 0.6) is 0 Å². The van der Waals surface area contributed by atoms with Crippen LogP contribution < -0.4 is 5.32 Å². The fourth-order valence-corrected chi connectivity index (χ4v) is 5.86. The van der Waals surface area contributed by atoms with Crippen LogP contribution in [-0.4, -0.2) is 54.4 Å². The van der Waals surface area contributed by atoms with Crippen LogP contribution in [0.4, 0.5) is 4.79 Å². The minimum atomic E-state index is -1.13. The van der Waals surface area contributed by atoms with E-state index in [1.54, 1.807) is 0 Å². The third-order valence-corrected chi connectivity index (χ3v) is 7.51. The van der Waals surface area contributed by atoms with E-state index in [0.717, 1.165) is 17.9 Å². The van der Waals surface area contributed by atoms with Crippen LogP contribution in [0.3, 0.4) is 0 Å². The summed E-state index contributed by atoms with van der Waals surface area (Å²) in [5.74, 6) is -0.942. The molecule has 2 aromatic carbocycles. The zero-order valence-corrected chi connectivity index (χ0v) is 19.0. The summed E-state index contributed by atoms with van der Waals surface area (Å²) in [6, 6.07) is 16.4. The van der Waals surface area contributed by atoms with Gasteiger partial charge in [0.2, 0.25) is 5.91 Å². The predicted octanol–water partition coefficient (Wildman–Crippen LogP) is 3.41. The number of alkyl carbamates (subject to hydrolysis) is 1. The van der Waals surface area contributed by atoms with E-state index in [-0.39, 0.29) is 36.3 Å². The van der Waals surface area contributed by atoms with Crippen molar-refractivity contribution in [2.75, 3.05) is 20.3 Å². The topological polar surface area (TPSA) is 105 Å². The molecule has 8 nitrogen and oxygen atoms in total. The van der Waals surface area contributed by atoms with E-state index in [4.69, 9.17) is 14.7 Å². The highest BCUT2D eigenvalue weighted by Gasteiger charge is 2.50. The van der Waals surface area contributed by atoms with Gasteiger partial charge in [0.05, 0.1) is 0 Å². The maximum atomic E-state index is 12.6. The van der Waals surface area contributed by atoms with Crippen LogP contribution in [0.1, 0.15) is 36.3 Å². The first kappa shape index (κ1) is 22.4. The van der Waals surface area contributed by atoms with E-state index in [0.29, 0.717) is 12.3 Å². The lowest BCUT2D eigenvalue weighted by Crippen LogP contribution is -2.50. The number of nitrogens with zero attached hydrogens (tertiary/aromatic N) is 1. The number of carbonyl (C=O) groups excluding carboxylic acids is 2. The van der Waals surface area contributed by atoms with Crippen LogP contribution in [0.2, 0.25) is 0 Å². The number of benzene rings is 2. The Labute approximate surface area is 197 Å². The molecule has 4 atom stereocenters. The van der Waals surface area contributed by atoms with Gasteiger partial charge in [-0.2, -0.15) is 0 Å². The van der Waals surface area contributed by atoms with Crippen molar-refractivity contribution >= 4 is 18.0 Å². The first-order valence-electron chi connectivity index (χ1n) is 11.7. The average Bonchev–Trinajstić information content (AvgIpc) is 3.34. The standard InChI is InChI=1S/C26H28N2O6/c1-28(34-14-24(29)30)25(31)16-10-15-12-23(21(15)11-16)27-26(32)33-13-22-19-8-4-2-6-17(19)18-7-3-5-9-20(18)22/h2-9,15-16,21-23H,10-14H2,1H3,(H,27,32)(H,29,30)/t15-,16?,21-,23+/m1/s1. The van der Waals surface area contributed by atoms with Crippen LogP contribution in [0, 0.1) is 17.8 Å². The Morgan fingerprint density at radius 1 is 1.00 bits per heavy atom. The normalized spacial score (nSPS) is 24.4. The smallest absolute Gasteiger partial charge is 0.407 e. The number of carboxylic acid groups (broad SMARTS) is 1. The average molecular weight is 465 g/mol. The maximum Gasteiger partial charge on any atom is 0.407 e. The highest BCUT2D eigenvalue weighted by Crippen LogP contribution is 2.50. The van der Waals surface area contributed by atoms with E-state index < -0.39 is 18.7 Å². The Morgan fingerprint density at radius 3 is 2.29 bits per heavy atom. The number of fused-ring (bicyclic) bond motifs is 4. The minimum Gasteiger partial charge on any atom is -0.479 e. The zero-order chi connectivity index (χ0) is 23.8. The van der Waals surface area contributed by atoms with Gasteiger partial charge in [-0.3, -0.25) is 9.63 Å². The molecule has 0 aromatic heterocycles. The summed E-state index contributed by atoms with van der Waals surface area (Å²) in [5.41, 5.74) is 4.72. The van der Waals surface area contributed by atoms with E-state index >= 15 is 0 Å². The molecule has 2 amide bonds. The highest BCUT2D eigenvalue weighted by atomic mass is 16.7. The SMILES string of the molecule is CN(OCC(=O)O)C(=O)C1C[C@@H]2C[C@H](NC(=O)OCC3c4ccccc4-c4ccccc43)[C@@H]2C1. The van der Waals surface area contributed by atoms with Crippen LogP contribution in [0.25, 0.3) is 11.1 Å². The number of carbonyl (C=O) groups is 3. The first-order chi connectivity index (χ1) is 16.4. The Kier molecular flexibility index (Phi) is 6.00. The molecule has 2 fully saturated rings. The molecule has 2 N–H and O–H groups in total. The number of hydrogen-bond donors (Lipinski definition) is 2. The Balaban J connectivity index is 1.13. The van der Waals surface area contributed by atoms with Crippen molar-refractivity contribution in [1.29, 1.82) is 0 Å². The van der Waals surface area contributed by atoms with E-state index in [9.17, 15) is 14.4 Å². The first-order valence-corrected chi connectivity index (χ1v) is 11.7. The predicted molar refractivity (Wildman–Crippen MR) is 123 cm³/mol. The van der Waals surface area contributed by atoms with Crippen LogP contribution >= 0.6 is 0 Å². The molecule has 0 heterocycles. The molecule has 0 spiro atoms. The molecule has 34 heavy (non-hydrogen) atoms. The summed E-state index contributed by atoms with van der Waals surface area (Å²) < 4.78 is 5.66. The third kappa shape index (κ3) is 4.14. The van der Waals surface area contributed by atoms with Gasteiger partial charge in [0.1, 0.15) is 6.61 Å². The second-order valence-corrected chi connectivity index (χ2v) is 9.41. The van der Waals surface area contributed by atoms with Crippen molar-refractivity contribution in [2.24, 2.45) is 17.8 Å². The number of ether oxygens (including phenoxy) is 1. The molecule has 5 rings (SSSR count). The van der Waals surface area contributed by atoms with E-state index in [1.807, 2.05) is 24.3 Å². The Hall–Kier alpha value is -3.39. The van der Waals surface area contributed by atoms with E-state index in [2.05, 4.69) is 29.6 Å². The summed E-state index contributed by atoms with van der Waals surface area (Å²) >= 11 is 0. The van der Waals surface area contributed by atoms with Gasteiger partial charge in [-0.25, -0.2) is 14.7 Å². The monoisotopic (exact) mass is 464 g/mol. The fraction of sp³-hybridized carbons (Fsp3) is 0.423. The Morgan fingerprint density at radius 2 is 1.65 bits per heavy atom. The summed E-state index contributed by atoms with van der Waals surface area (Å²) in [5, 5.41) is 12.7. The van der Waals surface area contributed by atoms with Crippen LogP contribution in [0.15, 0.2) is 48.5 Å². The van der Waals surface area contributed by atoms with Crippen molar-refractivity contribution in [3.63, 3.8) is 0 Å². The van der Waals surface area contributed by atoms with Gasteiger partial charge in [0.25, 0.3) is 0 Å². The summed E-state index contributed by atoms with van der Waals surface area (Å²) in [6.45, 7) is -0.277. The van der Waals surface area contributed by atoms with Crippen LogP contribution in [-0.2, 0) is 19.2 Å². The molecule has 8 heteroatoms. The van der Waals surface area contributed by atoms with Gasteiger partial charge in [0.15, 0.2) is 6.61 Å². The molecule has 0 radical (unpaired) electrons. The molecule has 0 bridgehead atoms.